The van der Waals surface area contributed by atoms with Crippen molar-refractivity contribution in [3.63, 3.8) is 0 Å². The Hall–Kier alpha value is -1.30. The van der Waals surface area contributed by atoms with Crippen molar-refractivity contribution in [1.82, 2.24) is 10.2 Å². The average molecular weight is 286 g/mol. The molecule has 0 aliphatic carbocycles. The number of carbonyl (C=O) groups is 2. The van der Waals surface area contributed by atoms with Gasteiger partial charge in [-0.05, 0) is 11.3 Å². The molecule has 1 heterocycles. The van der Waals surface area contributed by atoms with Crippen LogP contribution in [-0.2, 0) is 9.53 Å². The molecular weight excluding hydrogens is 260 g/mol. The van der Waals surface area contributed by atoms with E-state index in [-0.39, 0.29) is 24.7 Å². The topological polar surface area (TPSA) is 78.9 Å². The fourth-order valence-corrected chi connectivity index (χ4v) is 1.94. The predicted molar refractivity (Wildman–Crippen MR) is 75.5 cm³/mol. The summed E-state index contributed by atoms with van der Waals surface area (Å²) in [6, 6.07) is -0.657. The van der Waals surface area contributed by atoms with Gasteiger partial charge in [0.1, 0.15) is 5.92 Å². The van der Waals surface area contributed by atoms with Gasteiger partial charge in [-0.25, -0.2) is 4.79 Å². The highest BCUT2D eigenvalue weighted by atomic mass is 16.5. The van der Waals surface area contributed by atoms with Crippen molar-refractivity contribution in [2.24, 2.45) is 17.3 Å². The van der Waals surface area contributed by atoms with Crippen LogP contribution in [0.2, 0.25) is 0 Å². The van der Waals surface area contributed by atoms with E-state index in [4.69, 9.17) is 9.84 Å². The molecule has 0 saturated carbocycles. The zero-order chi connectivity index (χ0) is 15.5. The van der Waals surface area contributed by atoms with Gasteiger partial charge >= 0.3 is 12.0 Å². The molecule has 1 aliphatic rings. The summed E-state index contributed by atoms with van der Waals surface area (Å²) in [7, 11) is 1.62. The number of urea groups is 1. The van der Waals surface area contributed by atoms with E-state index in [1.54, 1.807) is 7.05 Å². The number of hydrogen-bond donors (Lipinski definition) is 2. The van der Waals surface area contributed by atoms with Gasteiger partial charge in [-0.2, -0.15) is 0 Å². The fraction of sp³-hybridized carbons (Fsp3) is 0.857. The molecule has 1 rings (SSSR count). The second kappa shape index (κ2) is 6.43. The Morgan fingerprint density at radius 2 is 2.00 bits per heavy atom. The third kappa shape index (κ3) is 3.85. The largest absolute Gasteiger partial charge is 0.481 e. The number of aliphatic carboxylic acids is 1. The minimum absolute atomic E-state index is 0.00508. The number of likely N-dealkylation sites (N-methyl/N-ethyl adjacent to an activating group) is 1. The van der Waals surface area contributed by atoms with Crippen LogP contribution in [0, 0.1) is 17.3 Å². The number of hydrogen-bond acceptors (Lipinski definition) is 3. The molecule has 2 unspecified atom stereocenters. The van der Waals surface area contributed by atoms with Gasteiger partial charge in [0.25, 0.3) is 0 Å². The van der Waals surface area contributed by atoms with Crippen LogP contribution in [0.25, 0.3) is 0 Å². The Labute approximate surface area is 120 Å². The van der Waals surface area contributed by atoms with Crippen LogP contribution in [0.3, 0.4) is 0 Å². The van der Waals surface area contributed by atoms with Gasteiger partial charge in [-0.3, -0.25) is 4.79 Å². The van der Waals surface area contributed by atoms with E-state index in [1.807, 2.05) is 0 Å². The zero-order valence-electron chi connectivity index (χ0n) is 13.0. The first kappa shape index (κ1) is 16.8. The molecule has 2 N–H and O–H groups in total. The van der Waals surface area contributed by atoms with E-state index in [0.717, 1.165) is 0 Å². The molecular formula is C14H26N2O4. The lowest BCUT2D eigenvalue weighted by molar-refractivity contribution is -0.142. The van der Waals surface area contributed by atoms with Gasteiger partial charge in [0.05, 0.1) is 19.3 Å². The molecule has 1 aliphatic heterocycles. The minimum Gasteiger partial charge on any atom is -0.481 e. The highest BCUT2D eigenvalue weighted by Gasteiger charge is 2.38. The van der Waals surface area contributed by atoms with Gasteiger partial charge in [0, 0.05) is 13.6 Å². The summed E-state index contributed by atoms with van der Waals surface area (Å²) < 4.78 is 5.18. The highest BCUT2D eigenvalue weighted by molar-refractivity contribution is 5.77. The van der Waals surface area contributed by atoms with Crippen LogP contribution < -0.4 is 5.32 Å². The molecule has 0 spiro atoms. The van der Waals surface area contributed by atoms with E-state index in [9.17, 15) is 9.59 Å². The van der Waals surface area contributed by atoms with Crippen LogP contribution >= 0.6 is 0 Å². The lowest BCUT2D eigenvalue weighted by Crippen LogP contribution is -2.50. The number of carboxylic acids is 1. The van der Waals surface area contributed by atoms with E-state index in [2.05, 4.69) is 33.0 Å². The van der Waals surface area contributed by atoms with Crippen LogP contribution in [-0.4, -0.2) is 54.9 Å². The molecule has 6 nitrogen and oxygen atoms in total. The molecule has 6 heteroatoms. The predicted octanol–water partition coefficient (Wildman–Crippen LogP) is 1.41. The normalized spacial score (nSPS) is 22.9. The quantitative estimate of drug-likeness (QED) is 0.801. The van der Waals surface area contributed by atoms with Gasteiger partial charge < -0.3 is 20.1 Å². The monoisotopic (exact) mass is 286 g/mol. The first-order valence-electron chi connectivity index (χ1n) is 6.98. The van der Waals surface area contributed by atoms with Gasteiger partial charge in [-0.15, -0.1) is 0 Å². The molecule has 20 heavy (non-hydrogen) atoms. The fourth-order valence-electron chi connectivity index (χ4n) is 1.94. The van der Waals surface area contributed by atoms with Gasteiger partial charge in [-0.1, -0.05) is 27.7 Å². The molecule has 0 radical (unpaired) electrons. The average Bonchev–Trinajstić information content (AvgIpc) is 2.84. The van der Waals surface area contributed by atoms with E-state index in [1.165, 1.54) is 4.90 Å². The molecule has 1 fully saturated rings. The van der Waals surface area contributed by atoms with E-state index < -0.39 is 17.9 Å². The first-order valence-corrected chi connectivity index (χ1v) is 6.98. The number of nitrogens with one attached hydrogen (secondary N) is 1. The van der Waals surface area contributed by atoms with Crippen LogP contribution in [0.15, 0.2) is 0 Å². The maximum absolute atomic E-state index is 12.1. The Kier molecular flexibility index (Phi) is 5.39. The summed E-state index contributed by atoms with van der Waals surface area (Å²) in [5.41, 5.74) is -0.00508. The lowest BCUT2D eigenvalue weighted by atomic mass is 9.81. The summed E-state index contributed by atoms with van der Waals surface area (Å²) in [4.78, 5) is 24.7. The maximum Gasteiger partial charge on any atom is 0.317 e. The second-order valence-electron chi connectivity index (χ2n) is 6.46. The van der Waals surface area contributed by atoms with Crippen molar-refractivity contribution in [3.05, 3.63) is 0 Å². The third-order valence-corrected chi connectivity index (χ3v) is 4.44. The Balaban J connectivity index is 2.57. The lowest BCUT2D eigenvalue weighted by Gasteiger charge is -2.32. The van der Waals surface area contributed by atoms with Crippen molar-refractivity contribution in [3.8, 4) is 0 Å². The standard InChI is InChI=1S/C14H26N2O4/c1-9(2)14(3,4)8-15-13(19)16(5)11-7-20-6-10(11)12(17)18/h9-11H,6-8H2,1-5H3,(H,15,19)(H,17,18). The number of nitrogens with zero attached hydrogens (tertiary/aromatic N) is 1. The number of amides is 2. The summed E-state index contributed by atoms with van der Waals surface area (Å²) >= 11 is 0. The molecule has 2 amide bonds. The number of ether oxygens (including phenoxy) is 1. The van der Waals surface area contributed by atoms with E-state index >= 15 is 0 Å². The smallest absolute Gasteiger partial charge is 0.317 e. The highest BCUT2D eigenvalue weighted by Crippen LogP contribution is 2.25. The van der Waals surface area contributed by atoms with Crippen molar-refractivity contribution in [1.29, 1.82) is 0 Å². The molecule has 1 saturated heterocycles. The van der Waals surface area contributed by atoms with Crippen molar-refractivity contribution >= 4 is 12.0 Å². The van der Waals surface area contributed by atoms with Crippen molar-refractivity contribution in [2.45, 2.75) is 33.7 Å². The molecule has 0 aromatic rings. The SMILES string of the molecule is CC(C)C(C)(C)CNC(=O)N(C)C1COCC1C(=O)O. The summed E-state index contributed by atoms with van der Waals surface area (Å²) in [5.74, 6) is -1.13. The number of carboxylic acid groups (broad SMARTS) is 1. The Morgan fingerprint density at radius 3 is 2.50 bits per heavy atom. The molecule has 2 atom stereocenters. The summed E-state index contributed by atoms with van der Waals surface area (Å²) in [6.07, 6.45) is 0. The van der Waals surface area contributed by atoms with Crippen molar-refractivity contribution < 1.29 is 19.4 Å². The number of rotatable bonds is 5. The second-order valence-corrected chi connectivity index (χ2v) is 6.46. The maximum atomic E-state index is 12.1. The zero-order valence-corrected chi connectivity index (χ0v) is 13.0. The Bertz CT molecular complexity index is 368. The minimum atomic E-state index is -0.922. The summed E-state index contributed by atoms with van der Waals surface area (Å²) in [5, 5.41) is 12.0. The van der Waals surface area contributed by atoms with Crippen LogP contribution in [0.4, 0.5) is 4.79 Å². The number of carbonyl (C=O) groups excluding carboxylic acids is 1. The first-order chi connectivity index (χ1) is 9.16. The molecule has 0 bridgehead atoms. The third-order valence-electron chi connectivity index (χ3n) is 4.44. The van der Waals surface area contributed by atoms with Crippen molar-refractivity contribution in [2.75, 3.05) is 26.8 Å². The molecule has 116 valence electrons. The molecule has 0 aromatic carbocycles. The Morgan fingerprint density at radius 1 is 1.40 bits per heavy atom. The van der Waals surface area contributed by atoms with Crippen LogP contribution in [0.5, 0.6) is 0 Å². The summed E-state index contributed by atoms with van der Waals surface area (Å²) in [6.45, 7) is 9.40. The van der Waals surface area contributed by atoms with Gasteiger partial charge in [0.2, 0.25) is 0 Å². The van der Waals surface area contributed by atoms with E-state index in [0.29, 0.717) is 12.5 Å². The van der Waals surface area contributed by atoms with Crippen LogP contribution in [0.1, 0.15) is 27.7 Å². The molecule has 0 aromatic heterocycles. The van der Waals surface area contributed by atoms with Gasteiger partial charge in [0.15, 0.2) is 0 Å².